The zero-order valence-electron chi connectivity index (χ0n) is 16.2. The molecule has 1 heterocycles. The molecule has 150 valence electrons. The summed E-state index contributed by atoms with van der Waals surface area (Å²) in [4.78, 5) is 10.5. The van der Waals surface area contributed by atoms with E-state index in [-0.39, 0.29) is 11.9 Å². The fourth-order valence-electron chi connectivity index (χ4n) is 2.95. The number of rotatable bonds is 8. The fraction of sp³-hybridized carbons (Fsp3) is 0.182. The number of nitrogens with zero attached hydrogens (tertiary/aromatic N) is 2. The van der Waals surface area contributed by atoms with E-state index in [9.17, 15) is 0 Å². The van der Waals surface area contributed by atoms with Gasteiger partial charge in [0.25, 0.3) is 0 Å². The van der Waals surface area contributed by atoms with Crippen molar-refractivity contribution >= 4 is 23.3 Å². The minimum atomic E-state index is 0.134. The van der Waals surface area contributed by atoms with Gasteiger partial charge in [0.2, 0.25) is 0 Å². The number of thiophene rings is 1. The fourth-order valence-corrected chi connectivity index (χ4v) is 3.96. The predicted molar refractivity (Wildman–Crippen MR) is 124 cm³/mol. The molecule has 0 saturated carbocycles. The third-order valence-electron chi connectivity index (χ3n) is 4.47. The van der Waals surface area contributed by atoms with E-state index >= 15 is 0 Å². The standard InChI is InChI=1S/C22H26N6S/c23-21(24)27-13-11-15-1-5-17(6-2-15)19-9-10-20(29-19)18-7-3-16(4-8-18)12-14-28-22(25)26/h1-10H,11-14H2,(H4,23,24,27)(H4,25,26,28). The summed E-state index contributed by atoms with van der Waals surface area (Å²) in [6.07, 6.45) is 1.65. The molecule has 1 aromatic heterocycles. The van der Waals surface area contributed by atoms with E-state index in [1.165, 1.54) is 32.0 Å². The van der Waals surface area contributed by atoms with Crippen molar-refractivity contribution in [2.45, 2.75) is 12.8 Å². The molecule has 7 heteroatoms. The molecule has 0 unspecified atom stereocenters. The topological polar surface area (TPSA) is 129 Å². The monoisotopic (exact) mass is 406 g/mol. The molecule has 0 saturated heterocycles. The van der Waals surface area contributed by atoms with E-state index in [0.717, 1.165) is 12.8 Å². The van der Waals surface area contributed by atoms with Crippen LogP contribution in [0.5, 0.6) is 0 Å². The van der Waals surface area contributed by atoms with Crippen LogP contribution in [0.15, 0.2) is 70.6 Å². The average Bonchev–Trinajstić information content (AvgIpc) is 3.19. The minimum absolute atomic E-state index is 0.134. The van der Waals surface area contributed by atoms with E-state index < -0.39 is 0 Å². The molecule has 3 rings (SSSR count). The van der Waals surface area contributed by atoms with Crippen molar-refractivity contribution in [1.82, 2.24) is 0 Å². The second-order valence-corrected chi connectivity index (χ2v) is 7.75. The minimum Gasteiger partial charge on any atom is -0.370 e. The van der Waals surface area contributed by atoms with Gasteiger partial charge in [0.05, 0.1) is 0 Å². The van der Waals surface area contributed by atoms with Crippen molar-refractivity contribution in [3.05, 3.63) is 71.8 Å². The Bertz CT molecular complexity index is 899. The summed E-state index contributed by atoms with van der Waals surface area (Å²) in [5.41, 5.74) is 26.3. The van der Waals surface area contributed by atoms with Crippen LogP contribution in [-0.4, -0.2) is 25.0 Å². The highest BCUT2D eigenvalue weighted by atomic mass is 32.1. The molecule has 8 N–H and O–H groups in total. The van der Waals surface area contributed by atoms with Gasteiger partial charge < -0.3 is 22.9 Å². The smallest absolute Gasteiger partial charge is 0.185 e. The van der Waals surface area contributed by atoms with Crippen molar-refractivity contribution in [3.8, 4) is 20.9 Å². The quantitative estimate of drug-likeness (QED) is 0.338. The van der Waals surface area contributed by atoms with Crippen molar-refractivity contribution in [2.75, 3.05) is 13.1 Å². The lowest BCUT2D eigenvalue weighted by molar-refractivity contribution is 0.962. The SMILES string of the molecule is NC(N)=NCCc1ccc(-c2ccc(-c3ccc(CCN=C(N)N)cc3)s2)cc1. The average molecular weight is 407 g/mol. The van der Waals surface area contributed by atoms with Gasteiger partial charge in [0.1, 0.15) is 0 Å². The maximum Gasteiger partial charge on any atom is 0.185 e. The highest BCUT2D eigenvalue weighted by Crippen LogP contribution is 2.34. The van der Waals surface area contributed by atoms with Crippen LogP contribution in [0.2, 0.25) is 0 Å². The molecule has 0 atom stereocenters. The largest absolute Gasteiger partial charge is 0.370 e. The number of guanidine groups is 2. The molecule has 3 aromatic rings. The molecule has 2 aromatic carbocycles. The van der Waals surface area contributed by atoms with Crippen molar-refractivity contribution < 1.29 is 0 Å². The Morgan fingerprint density at radius 3 is 1.31 bits per heavy atom. The normalized spacial score (nSPS) is 10.5. The van der Waals surface area contributed by atoms with Crippen LogP contribution in [0.3, 0.4) is 0 Å². The van der Waals surface area contributed by atoms with Crippen molar-refractivity contribution in [1.29, 1.82) is 0 Å². The molecule has 29 heavy (non-hydrogen) atoms. The highest BCUT2D eigenvalue weighted by Gasteiger charge is 2.06. The van der Waals surface area contributed by atoms with Crippen LogP contribution in [-0.2, 0) is 12.8 Å². The number of aliphatic imine (C=N–C) groups is 2. The number of hydrogen-bond donors (Lipinski definition) is 4. The zero-order valence-corrected chi connectivity index (χ0v) is 17.0. The molecule has 0 aliphatic heterocycles. The van der Waals surface area contributed by atoms with E-state index in [1.807, 2.05) is 0 Å². The van der Waals surface area contributed by atoms with Crippen molar-refractivity contribution in [3.63, 3.8) is 0 Å². The Morgan fingerprint density at radius 2 is 0.966 bits per heavy atom. The van der Waals surface area contributed by atoms with Crippen LogP contribution in [0.1, 0.15) is 11.1 Å². The zero-order chi connectivity index (χ0) is 20.6. The van der Waals surface area contributed by atoms with Gasteiger partial charge in [-0.3, -0.25) is 9.98 Å². The van der Waals surface area contributed by atoms with Gasteiger partial charge in [-0.25, -0.2) is 0 Å². The highest BCUT2D eigenvalue weighted by molar-refractivity contribution is 7.18. The van der Waals surface area contributed by atoms with E-state index in [4.69, 9.17) is 22.9 Å². The van der Waals surface area contributed by atoms with E-state index in [2.05, 4.69) is 70.6 Å². The second-order valence-electron chi connectivity index (χ2n) is 6.67. The molecular formula is C22H26N6S. The van der Waals surface area contributed by atoms with Gasteiger partial charge in [0, 0.05) is 22.8 Å². The Kier molecular flexibility index (Phi) is 6.86. The first-order chi connectivity index (χ1) is 14.0. The molecule has 6 nitrogen and oxygen atoms in total. The summed E-state index contributed by atoms with van der Waals surface area (Å²) >= 11 is 1.78. The first-order valence-electron chi connectivity index (χ1n) is 9.40. The van der Waals surface area contributed by atoms with E-state index in [1.54, 1.807) is 11.3 Å². The first kappa shape index (κ1) is 20.4. The molecule has 0 aliphatic carbocycles. The van der Waals surface area contributed by atoms with Crippen LogP contribution >= 0.6 is 11.3 Å². The van der Waals surface area contributed by atoms with Gasteiger partial charge in [-0.05, 0) is 47.2 Å². The molecule has 0 aliphatic rings. The first-order valence-corrected chi connectivity index (χ1v) is 10.2. The molecule has 0 radical (unpaired) electrons. The van der Waals surface area contributed by atoms with Crippen LogP contribution in [0.4, 0.5) is 0 Å². The molecule has 0 bridgehead atoms. The van der Waals surface area contributed by atoms with Crippen molar-refractivity contribution in [2.24, 2.45) is 32.9 Å². The lowest BCUT2D eigenvalue weighted by atomic mass is 10.1. The molecule has 0 fully saturated rings. The summed E-state index contributed by atoms with van der Waals surface area (Å²) in [6.45, 7) is 1.21. The van der Waals surface area contributed by atoms with Gasteiger partial charge >= 0.3 is 0 Å². The van der Waals surface area contributed by atoms with Crippen LogP contribution < -0.4 is 22.9 Å². The molecule has 0 spiro atoms. The van der Waals surface area contributed by atoms with Crippen LogP contribution in [0.25, 0.3) is 20.9 Å². The summed E-state index contributed by atoms with van der Waals surface area (Å²) in [6, 6.07) is 21.4. The van der Waals surface area contributed by atoms with Gasteiger partial charge in [-0.15, -0.1) is 11.3 Å². The second kappa shape index (κ2) is 9.75. The Morgan fingerprint density at radius 1 is 0.586 bits per heavy atom. The maximum absolute atomic E-state index is 5.36. The van der Waals surface area contributed by atoms with Gasteiger partial charge in [-0.1, -0.05) is 48.5 Å². The van der Waals surface area contributed by atoms with E-state index in [0.29, 0.717) is 13.1 Å². The Hall–Kier alpha value is -3.32. The molecule has 0 amide bonds. The Labute approximate surface area is 175 Å². The third-order valence-corrected chi connectivity index (χ3v) is 5.66. The number of hydrogen-bond acceptors (Lipinski definition) is 3. The summed E-state index contributed by atoms with van der Waals surface area (Å²) < 4.78 is 0. The molecular weight excluding hydrogens is 380 g/mol. The van der Waals surface area contributed by atoms with Crippen LogP contribution in [0, 0.1) is 0 Å². The number of benzene rings is 2. The number of nitrogens with two attached hydrogens (primary N) is 4. The van der Waals surface area contributed by atoms with Gasteiger partial charge in [0.15, 0.2) is 11.9 Å². The summed E-state index contributed by atoms with van der Waals surface area (Å²) in [5, 5.41) is 0. The lowest BCUT2D eigenvalue weighted by Crippen LogP contribution is -2.23. The maximum atomic E-state index is 5.36. The lowest BCUT2D eigenvalue weighted by Gasteiger charge is -2.03. The summed E-state index contributed by atoms with van der Waals surface area (Å²) in [7, 11) is 0. The van der Waals surface area contributed by atoms with Gasteiger partial charge in [-0.2, -0.15) is 0 Å². The summed E-state index contributed by atoms with van der Waals surface area (Å²) in [5.74, 6) is 0.268. The predicted octanol–water partition coefficient (Wildman–Crippen LogP) is 2.71. The third kappa shape index (κ3) is 6.08. The Balaban J connectivity index is 1.64.